The summed E-state index contributed by atoms with van der Waals surface area (Å²) in [6, 6.07) is 1.81. The van der Waals surface area contributed by atoms with Gasteiger partial charge in [0.2, 0.25) is 0 Å². The Bertz CT molecular complexity index is 301. The molecule has 3 heteroatoms. The molecule has 0 aromatic carbocycles. The molecule has 1 aliphatic heterocycles. The molecule has 11 heavy (non-hydrogen) atoms. The Morgan fingerprint density at radius 3 is 3.00 bits per heavy atom. The van der Waals surface area contributed by atoms with Crippen molar-refractivity contribution >= 4 is 12.2 Å². The maximum absolute atomic E-state index is 8.46. The highest BCUT2D eigenvalue weighted by molar-refractivity contribution is 5.73. The fraction of sp³-hybridized carbons (Fsp3) is 0.250. The van der Waals surface area contributed by atoms with Crippen LogP contribution in [0, 0.1) is 11.3 Å². The molecule has 1 heterocycles. The predicted octanol–water partition coefficient (Wildman–Crippen LogP) is 1.09. The van der Waals surface area contributed by atoms with Gasteiger partial charge in [-0.2, -0.15) is 5.26 Å². The van der Waals surface area contributed by atoms with Crippen molar-refractivity contribution in [2.45, 2.75) is 12.8 Å². The molecule has 0 bridgehead atoms. The summed E-state index contributed by atoms with van der Waals surface area (Å²) >= 11 is 0. The molecule has 3 nitrogen and oxygen atoms in total. The Morgan fingerprint density at radius 2 is 2.55 bits per heavy atom. The summed E-state index contributed by atoms with van der Waals surface area (Å²) in [5, 5.41) is 16.9. The molecule has 0 spiro atoms. The predicted molar refractivity (Wildman–Crippen MR) is 40.9 cm³/mol. The van der Waals surface area contributed by atoms with Crippen molar-refractivity contribution in [3.05, 3.63) is 22.8 Å². The summed E-state index contributed by atoms with van der Waals surface area (Å²) in [4.78, 5) is 0. The SMILES string of the molecule is N#CC(=C=[N-])C1=C[O+]=CCC1. The van der Waals surface area contributed by atoms with E-state index in [4.69, 9.17) is 15.1 Å². The lowest BCUT2D eigenvalue weighted by Gasteiger charge is -1.97. The smallest absolute Gasteiger partial charge is 0.322 e. The minimum Gasteiger partial charge on any atom is -0.762 e. The fourth-order valence-corrected chi connectivity index (χ4v) is 0.824. The van der Waals surface area contributed by atoms with Crippen LogP contribution in [0.15, 0.2) is 17.4 Å². The summed E-state index contributed by atoms with van der Waals surface area (Å²) < 4.78 is 4.86. The van der Waals surface area contributed by atoms with Crippen molar-refractivity contribution in [1.29, 1.82) is 5.26 Å². The van der Waals surface area contributed by atoms with Crippen LogP contribution in [0.4, 0.5) is 0 Å². The van der Waals surface area contributed by atoms with Gasteiger partial charge in [0.25, 0.3) is 6.29 Å². The quantitative estimate of drug-likeness (QED) is 0.236. The first-order chi connectivity index (χ1) is 5.38. The molecule has 54 valence electrons. The molecule has 0 radical (unpaired) electrons. The van der Waals surface area contributed by atoms with Crippen LogP contribution >= 0.6 is 0 Å². The summed E-state index contributed by atoms with van der Waals surface area (Å²) in [7, 11) is 0. The molecule has 1 aliphatic rings. The molecule has 0 N–H and O–H groups in total. The van der Waals surface area contributed by atoms with Crippen LogP contribution in [0.25, 0.3) is 5.41 Å². The van der Waals surface area contributed by atoms with Crippen molar-refractivity contribution in [2.75, 3.05) is 0 Å². The highest BCUT2D eigenvalue weighted by atomic mass is 16.4. The van der Waals surface area contributed by atoms with E-state index in [0.29, 0.717) is 5.57 Å². The van der Waals surface area contributed by atoms with Crippen LogP contribution < -0.4 is 0 Å². The molecule has 0 fully saturated rings. The summed E-state index contributed by atoms with van der Waals surface area (Å²) in [5.74, 6) is 1.81. The van der Waals surface area contributed by atoms with Gasteiger partial charge in [-0.15, -0.1) is 0 Å². The van der Waals surface area contributed by atoms with E-state index in [-0.39, 0.29) is 5.57 Å². The zero-order chi connectivity index (χ0) is 8.10. The fourth-order valence-electron chi connectivity index (χ4n) is 0.824. The molecule has 0 saturated carbocycles. The monoisotopic (exact) mass is 146 g/mol. The molecule has 0 aliphatic carbocycles. The van der Waals surface area contributed by atoms with Gasteiger partial charge in [0.1, 0.15) is 6.07 Å². The van der Waals surface area contributed by atoms with E-state index in [1.54, 1.807) is 6.29 Å². The number of hydrogen-bond acceptors (Lipinski definition) is 1. The van der Waals surface area contributed by atoms with Gasteiger partial charge >= 0.3 is 6.26 Å². The lowest BCUT2D eigenvalue weighted by atomic mass is 10.0. The average molecular weight is 146 g/mol. The average Bonchev–Trinajstić information content (AvgIpc) is 2.09. The molecular weight excluding hydrogens is 140 g/mol. The van der Waals surface area contributed by atoms with E-state index < -0.39 is 0 Å². The van der Waals surface area contributed by atoms with Gasteiger partial charge in [-0.25, -0.2) is 10.3 Å². The largest absolute Gasteiger partial charge is 0.762 e. The van der Waals surface area contributed by atoms with Crippen molar-refractivity contribution in [3.63, 3.8) is 0 Å². The van der Waals surface area contributed by atoms with E-state index in [0.717, 1.165) is 12.8 Å². The van der Waals surface area contributed by atoms with Crippen LogP contribution in [-0.4, -0.2) is 12.2 Å². The third-order valence-electron chi connectivity index (χ3n) is 1.38. The second-order valence-corrected chi connectivity index (χ2v) is 2.08. The van der Waals surface area contributed by atoms with Crippen molar-refractivity contribution in [2.24, 2.45) is 0 Å². The zero-order valence-electron chi connectivity index (χ0n) is 5.87. The maximum atomic E-state index is 8.46. The molecular formula is C8H6N2O. The highest BCUT2D eigenvalue weighted by Crippen LogP contribution is 2.13. The summed E-state index contributed by atoms with van der Waals surface area (Å²) in [5.41, 5.74) is 0.843. The van der Waals surface area contributed by atoms with Crippen LogP contribution in [-0.2, 0) is 4.42 Å². The molecule has 1 rings (SSSR count). The lowest BCUT2D eigenvalue weighted by molar-refractivity contribution is -0.371. The van der Waals surface area contributed by atoms with Crippen LogP contribution in [0.5, 0.6) is 0 Å². The number of allylic oxidation sites excluding steroid dienone is 2. The van der Waals surface area contributed by atoms with E-state index in [1.165, 1.54) is 6.26 Å². The van der Waals surface area contributed by atoms with Crippen LogP contribution in [0.2, 0.25) is 0 Å². The minimum absolute atomic E-state index is 0.151. The van der Waals surface area contributed by atoms with Gasteiger partial charge in [-0.05, 0) is 6.42 Å². The second-order valence-electron chi connectivity index (χ2n) is 2.08. The molecule has 0 amide bonds. The van der Waals surface area contributed by atoms with Gasteiger partial charge in [-0.1, -0.05) is 0 Å². The van der Waals surface area contributed by atoms with Gasteiger partial charge in [0, 0.05) is 0 Å². The molecule has 0 saturated heterocycles. The third-order valence-corrected chi connectivity index (χ3v) is 1.38. The first-order valence-corrected chi connectivity index (χ1v) is 3.22. The summed E-state index contributed by atoms with van der Waals surface area (Å²) in [6.45, 7) is 0. The Labute approximate surface area is 64.5 Å². The number of rotatable bonds is 1. The standard InChI is InChI=1S/C8H6N2O/c9-4-8(5-10)7-2-1-3-11-6-7/h3,6H,1-2H2. The molecule has 0 atom stereocenters. The zero-order valence-corrected chi connectivity index (χ0v) is 5.87. The van der Waals surface area contributed by atoms with E-state index in [9.17, 15) is 0 Å². The summed E-state index contributed by atoms with van der Waals surface area (Å²) in [6.07, 6.45) is 4.58. The Morgan fingerprint density at radius 1 is 1.73 bits per heavy atom. The Hall–Kier alpha value is -1.65. The van der Waals surface area contributed by atoms with Crippen molar-refractivity contribution < 1.29 is 4.42 Å². The molecule has 0 unspecified atom stereocenters. The number of hydrogen-bond donors (Lipinski definition) is 0. The van der Waals surface area contributed by atoms with E-state index >= 15 is 0 Å². The number of carbonyl (C=O) groups excluding carboxylic acids is 1. The minimum atomic E-state index is 0.151. The van der Waals surface area contributed by atoms with E-state index in [1.807, 2.05) is 11.9 Å². The maximum Gasteiger partial charge on any atom is 0.322 e. The first-order valence-electron chi connectivity index (χ1n) is 3.22. The molecule has 0 aromatic rings. The normalized spacial score (nSPS) is 14.6. The van der Waals surface area contributed by atoms with Crippen molar-refractivity contribution in [1.82, 2.24) is 0 Å². The lowest BCUT2D eigenvalue weighted by Crippen LogP contribution is -1.95. The molecule has 0 aromatic heterocycles. The van der Waals surface area contributed by atoms with Gasteiger partial charge in [0.05, 0.1) is 17.6 Å². The first kappa shape index (κ1) is 7.46. The highest BCUT2D eigenvalue weighted by Gasteiger charge is 2.11. The number of nitriles is 1. The van der Waals surface area contributed by atoms with Gasteiger partial charge in [-0.3, -0.25) is 0 Å². The Balaban J connectivity index is 2.92. The number of nitrogens with zero attached hydrogens (tertiary/aromatic N) is 2. The Kier molecular flexibility index (Phi) is 2.37. The van der Waals surface area contributed by atoms with Crippen molar-refractivity contribution in [3.8, 4) is 6.07 Å². The topological polar surface area (TPSA) is 57.4 Å². The third kappa shape index (κ3) is 1.64. The number of aldehydes is 1. The van der Waals surface area contributed by atoms with Gasteiger partial charge < -0.3 is 5.41 Å². The van der Waals surface area contributed by atoms with Crippen LogP contribution in [0.3, 0.4) is 0 Å². The van der Waals surface area contributed by atoms with Gasteiger partial charge in [0.15, 0.2) is 0 Å². The van der Waals surface area contributed by atoms with Crippen LogP contribution in [0.1, 0.15) is 12.8 Å². The second kappa shape index (κ2) is 3.50. The van der Waals surface area contributed by atoms with E-state index in [2.05, 4.69) is 0 Å².